The lowest BCUT2D eigenvalue weighted by atomic mass is 10.0. The van der Waals surface area contributed by atoms with Crippen molar-refractivity contribution in [3.05, 3.63) is 21.4 Å². The smallest absolute Gasteiger partial charge is 0.275 e. The summed E-state index contributed by atoms with van der Waals surface area (Å²) < 4.78 is 0. The lowest BCUT2D eigenvalue weighted by Crippen LogP contribution is -2.29. The predicted octanol–water partition coefficient (Wildman–Crippen LogP) is 3.23. The van der Waals surface area contributed by atoms with E-state index in [0.29, 0.717) is 4.88 Å². The van der Waals surface area contributed by atoms with Crippen molar-refractivity contribution in [2.24, 2.45) is 5.84 Å². The Morgan fingerprint density at radius 2 is 2.22 bits per heavy atom. The van der Waals surface area contributed by atoms with E-state index in [0.717, 1.165) is 11.0 Å². The summed E-state index contributed by atoms with van der Waals surface area (Å²) in [6.07, 6.45) is 6.85. The highest BCUT2D eigenvalue weighted by Gasteiger charge is 2.16. The molecule has 0 aliphatic heterocycles. The fourth-order valence-electron chi connectivity index (χ4n) is 2.29. The molecule has 1 aliphatic carbocycles. The Balaban J connectivity index is 1.92. The van der Waals surface area contributed by atoms with Crippen LogP contribution in [0, 0.1) is 6.92 Å². The van der Waals surface area contributed by atoms with Gasteiger partial charge in [0, 0.05) is 15.9 Å². The van der Waals surface area contributed by atoms with E-state index in [2.05, 4.69) is 12.3 Å². The number of rotatable bonds is 4. The molecular formula is C13H20N2OS2. The van der Waals surface area contributed by atoms with Crippen LogP contribution in [0.5, 0.6) is 0 Å². The zero-order chi connectivity index (χ0) is 13.0. The van der Waals surface area contributed by atoms with Gasteiger partial charge in [0.15, 0.2) is 0 Å². The maximum Gasteiger partial charge on any atom is 0.275 e. The Kier molecular flexibility index (Phi) is 5.09. The first kappa shape index (κ1) is 13.9. The van der Waals surface area contributed by atoms with Gasteiger partial charge >= 0.3 is 0 Å². The van der Waals surface area contributed by atoms with E-state index in [1.807, 2.05) is 17.8 Å². The van der Waals surface area contributed by atoms with Gasteiger partial charge in [0.1, 0.15) is 0 Å². The normalized spacial score (nSPS) is 16.8. The number of aryl methyl sites for hydroxylation is 1. The molecule has 0 saturated heterocycles. The van der Waals surface area contributed by atoms with Crippen LogP contribution >= 0.6 is 23.1 Å². The SMILES string of the molecule is Cc1sc(C(=O)NN)cc1CSC1CCCCC1. The minimum atomic E-state index is -0.183. The monoisotopic (exact) mass is 284 g/mol. The highest BCUT2D eigenvalue weighted by molar-refractivity contribution is 7.99. The third-order valence-electron chi connectivity index (χ3n) is 3.40. The van der Waals surface area contributed by atoms with Crippen LogP contribution in [0.4, 0.5) is 0 Å². The van der Waals surface area contributed by atoms with E-state index in [9.17, 15) is 4.79 Å². The average molecular weight is 284 g/mol. The molecule has 1 heterocycles. The minimum absolute atomic E-state index is 0.183. The summed E-state index contributed by atoms with van der Waals surface area (Å²) in [6, 6.07) is 1.98. The molecule has 0 spiro atoms. The second-order valence-electron chi connectivity index (χ2n) is 4.74. The Labute approximate surface area is 116 Å². The number of hydrogen-bond donors (Lipinski definition) is 2. The van der Waals surface area contributed by atoms with Gasteiger partial charge in [0.25, 0.3) is 5.91 Å². The van der Waals surface area contributed by atoms with Crippen molar-refractivity contribution in [2.45, 2.75) is 50.0 Å². The van der Waals surface area contributed by atoms with Gasteiger partial charge in [-0.3, -0.25) is 10.2 Å². The molecule has 18 heavy (non-hydrogen) atoms. The second-order valence-corrected chi connectivity index (χ2v) is 7.28. The van der Waals surface area contributed by atoms with E-state index >= 15 is 0 Å². The van der Waals surface area contributed by atoms with Crippen LogP contribution in [0.1, 0.15) is 52.2 Å². The number of hydrazine groups is 1. The molecule has 1 amide bonds. The summed E-state index contributed by atoms with van der Waals surface area (Å²) in [7, 11) is 0. The third kappa shape index (κ3) is 3.49. The zero-order valence-electron chi connectivity index (χ0n) is 10.7. The lowest BCUT2D eigenvalue weighted by molar-refractivity contribution is 0.0957. The van der Waals surface area contributed by atoms with E-state index < -0.39 is 0 Å². The molecule has 0 bridgehead atoms. The third-order valence-corrected chi connectivity index (χ3v) is 5.91. The van der Waals surface area contributed by atoms with Crippen LogP contribution in [0.15, 0.2) is 6.07 Å². The van der Waals surface area contributed by atoms with E-state index in [1.165, 1.54) is 53.9 Å². The summed E-state index contributed by atoms with van der Waals surface area (Å²) in [5.74, 6) is 5.99. The molecule has 0 radical (unpaired) electrons. The lowest BCUT2D eigenvalue weighted by Gasteiger charge is -2.20. The first-order valence-electron chi connectivity index (χ1n) is 6.42. The molecule has 1 fully saturated rings. The quantitative estimate of drug-likeness (QED) is 0.507. The molecule has 1 aromatic rings. The summed E-state index contributed by atoms with van der Waals surface area (Å²) in [5, 5.41) is 0.810. The van der Waals surface area contributed by atoms with Crippen molar-refractivity contribution < 1.29 is 4.79 Å². The van der Waals surface area contributed by atoms with Crippen molar-refractivity contribution in [1.29, 1.82) is 0 Å². The number of nitrogens with one attached hydrogen (secondary N) is 1. The fourth-order valence-corrected chi connectivity index (χ4v) is 4.70. The number of carbonyl (C=O) groups is 1. The second kappa shape index (κ2) is 6.59. The average Bonchev–Trinajstić information content (AvgIpc) is 2.78. The molecule has 100 valence electrons. The van der Waals surface area contributed by atoms with Gasteiger partial charge in [0.2, 0.25) is 0 Å². The van der Waals surface area contributed by atoms with Crippen LogP contribution in [0.25, 0.3) is 0 Å². The van der Waals surface area contributed by atoms with Gasteiger partial charge in [-0.05, 0) is 31.4 Å². The molecule has 5 heteroatoms. The highest BCUT2D eigenvalue weighted by atomic mass is 32.2. The zero-order valence-corrected chi connectivity index (χ0v) is 12.3. The Morgan fingerprint density at radius 1 is 1.50 bits per heavy atom. The molecular weight excluding hydrogens is 264 g/mol. The Bertz CT molecular complexity index is 411. The molecule has 3 N–H and O–H groups in total. The van der Waals surface area contributed by atoms with E-state index in [4.69, 9.17) is 5.84 Å². The van der Waals surface area contributed by atoms with Crippen molar-refractivity contribution in [2.75, 3.05) is 0 Å². The number of hydrogen-bond acceptors (Lipinski definition) is 4. The molecule has 2 rings (SSSR count). The largest absolute Gasteiger partial charge is 0.289 e. The van der Waals surface area contributed by atoms with Gasteiger partial charge in [-0.1, -0.05) is 19.3 Å². The van der Waals surface area contributed by atoms with Crippen LogP contribution in [-0.4, -0.2) is 11.2 Å². The van der Waals surface area contributed by atoms with Crippen LogP contribution in [0.3, 0.4) is 0 Å². The molecule has 0 unspecified atom stereocenters. The number of carbonyl (C=O) groups excluding carboxylic acids is 1. The summed E-state index contributed by atoms with van der Waals surface area (Å²) in [4.78, 5) is 13.4. The van der Waals surface area contributed by atoms with Crippen molar-refractivity contribution in [3.63, 3.8) is 0 Å². The van der Waals surface area contributed by atoms with Gasteiger partial charge in [-0.15, -0.1) is 11.3 Å². The fraction of sp³-hybridized carbons (Fsp3) is 0.615. The number of amides is 1. The predicted molar refractivity (Wildman–Crippen MR) is 78.9 cm³/mol. The molecule has 1 aromatic heterocycles. The number of nitrogen functional groups attached to an aromatic ring is 1. The first-order valence-corrected chi connectivity index (χ1v) is 8.29. The summed E-state index contributed by atoms with van der Waals surface area (Å²) >= 11 is 3.57. The molecule has 1 aliphatic rings. The number of thioether (sulfide) groups is 1. The first-order chi connectivity index (χ1) is 8.70. The molecule has 1 saturated carbocycles. The maximum atomic E-state index is 11.5. The van der Waals surface area contributed by atoms with Crippen molar-refractivity contribution in [1.82, 2.24) is 5.43 Å². The van der Waals surface area contributed by atoms with Gasteiger partial charge in [-0.2, -0.15) is 11.8 Å². The molecule has 3 nitrogen and oxygen atoms in total. The van der Waals surface area contributed by atoms with E-state index in [1.54, 1.807) is 0 Å². The molecule has 0 atom stereocenters. The van der Waals surface area contributed by atoms with E-state index in [-0.39, 0.29) is 5.91 Å². The Morgan fingerprint density at radius 3 is 2.89 bits per heavy atom. The summed E-state index contributed by atoms with van der Waals surface area (Å²) in [5.41, 5.74) is 3.48. The topological polar surface area (TPSA) is 55.1 Å². The molecule has 0 aromatic carbocycles. The number of nitrogens with two attached hydrogens (primary N) is 1. The summed E-state index contributed by atoms with van der Waals surface area (Å²) in [6.45, 7) is 2.08. The number of thiophene rings is 1. The van der Waals surface area contributed by atoms with Crippen LogP contribution in [0.2, 0.25) is 0 Å². The Hall–Kier alpha value is -0.520. The highest BCUT2D eigenvalue weighted by Crippen LogP contribution is 2.33. The van der Waals surface area contributed by atoms with Crippen molar-refractivity contribution >= 4 is 29.0 Å². The van der Waals surface area contributed by atoms with Gasteiger partial charge < -0.3 is 0 Å². The minimum Gasteiger partial charge on any atom is -0.289 e. The standard InChI is InChI=1S/C13H20N2OS2/c1-9-10(7-12(18-9)13(16)15-14)8-17-11-5-3-2-4-6-11/h7,11H,2-6,8,14H2,1H3,(H,15,16). The van der Waals surface area contributed by atoms with Gasteiger partial charge in [-0.25, -0.2) is 5.84 Å². The van der Waals surface area contributed by atoms with Crippen molar-refractivity contribution in [3.8, 4) is 0 Å². The maximum absolute atomic E-state index is 11.5. The van der Waals surface area contributed by atoms with Crippen LogP contribution in [-0.2, 0) is 5.75 Å². The van der Waals surface area contributed by atoms with Crippen LogP contribution < -0.4 is 11.3 Å². The van der Waals surface area contributed by atoms with Gasteiger partial charge in [0.05, 0.1) is 4.88 Å².